The second-order valence-electron chi connectivity index (χ2n) is 18.1. The summed E-state index contributed by atoms with van der Waals surface area (Å²) in [6.07, 6.45) is 67.5. The molecule has 0 saturated heterocycles. The number of hydrogen-bond donors (Lipinski definition) is 0. The van der Waals surface area contributed by atoms with E-state index >= 15 is 0 Å². The predicted molar refractivity (Wildman–Crippen MR) is 279 cm³/mol. The van der Waals surface area contributed by atoms with Gasteiger partial charge in [0.15, 0.2) is 6.10 Å². The summed E-state index contributed by atoms with van der Waals surface area (Å²) in [5.41, 5.74) is 0. The molecule has 0 aliphatic rings. The third-order valence-electron chi connectivity index (χ3n) is 11.7. The molecule has 0 aromatic rings. The minimum Gasteiger partial charge on any atom is -0.462 e. The Morgan fingerprint density at radius 2 is 0.600 bits per heavy atom. The summed E-state index contributed by atoms with van der Waals surface area (Å²) >= 11 is 0. The Morgan fingerprint density at radius 1 is 0.323 bits per heavy atom. The molecule has 1 atom stereocenters. The summed E-state index contributed by atoms with van der Waals surface area (Å²) in [6, 6.07) is 0. The standard InChI is InChI=1S/C59H102O6/c1-4-7-10-13-16-19-22-23-24-25-26-27-28-29-30-31-32-33-34-35-38-40-43-46-49-52-58(61)64-55-56(65-59(62)53-50-47-44-41-37-21-18-15-12-9-6-3)54-63-57(60)51-48-45-42-39-36-20-17-14-11-8-5-2/h7,10,16,19,23-24,26-27,29-30,32-33,56H,4-6,8-9,11-15,17-18,20-22,25,28,31,34-55H2,1-3H3/b10-7-,19-16-,24-23-,27-26-,30-29-,33-32-. The molecular formula is C59H102O6. The van der Waals surface area contributed by atoms with Crippen molar-refractivity contribution in [1.29, 1.82) is 0 Å². The van der Waals surface area contributed by atoms with Crippen LogP contribution in [0, 0.1) is 0 Å². The van der Waals surface area contributed by atoms with E-state index in [4.69, 9.17) is 14.2 Å². The van der Waals surface area contributed by atoms with Crippen LogP contribution in [0.4, 0.5) is 0 Å². The van der Waals surface area contributed by atoms with Crippen LogP contribution in [-0.2, 0) is 28.6 Å². The first-order valence-electron chi connectivity index (χ1n) is 27.4. The first kappa shape index (κ1) is 61.9. The molecule has 374 valence electrons. The molecule has 0 saturated carbocycles. The molecule has 0 N–H and O–H groups in total. The van der Waals surface area contributed by atoms with Gasteiger partial charge in [-0.25, -0.2) is 0 Å². The van der Waals surface area contributed by atoms with E-state index < -0.39 is 6.10 Å². The van der Waals surface area contributed by atoms with Crippen molar-refractivity contribution in [2.45, 2.75) is 271 Å². The van der Waals surface area contributed by atoms with Crippen LogP contribution in [0.1, 0.15) is 265 Å². The third-order valence-corrected chi connectivity index (χ3v) is 11.7. The molecule has 65 heavy (non-hydrogen) atoms. The second kappa shape index (κ2) is 53.5. The maximum absolute atomic E-state index is 12.8. The summed E-state index contributed by atoms with van der Waals surface area (Å²) in [5, 5.41) is 0. The number of hydrogen-bond acceptors (Lipinski definition) is 6. The maximum Gasteiger partial charge on any atom is 0.306 e. The van der Waals surface area contributed by atoms with E-state index in [0.29, 0.717) is 19.3 Å². The fourth-order valence-corrected chi connectivity index (χ4v) is 7.62. The van der Waals surface area contributed by atoms with Crippen LogP contribution in [0.15, 0.2) is 72.9 Å². The lowest BCUT2D eigenvalue weighted by Crippen LogP contribution is -2.30. The van der Waals surface area contributed by atoms with E-state index in [1.807, 2.05) is 0 Å². The monoisotopic (exact) mass is 907 g/mol. The van der Waals surface area contributed by atoms with Gasteiger partial charge >= 0.3 is 17.9 Å². The van der Waals surface area contributed by atoms with Gasteiger partial charge in [0.25, 0.3) is 0 Å². The van der Waals surface area contributed by atoms with Gasteiger partial charge < -0.3 is 14.2 Å². The Bertz CT molecular complexity index is 1230. The van der Waals surface area contributed by atoms with Gasteiger partial charge in [-0.15, -0.1) is 0 Å². The molecule has 0 rings (SSSR count). The van der Waals surface area contributed by atoms with Crippen LogP contribution in [0.5, 0.6) is 0 Å². The molecule has 0 radical (unpaired) electrons. The zero-order chi connectivity index (χ0) is 47.2. The van der Waals surface area contributed by atoms with Crippen molar-refractivity contribution in [2.24, 2.45) is 0 Å². The highest BCUT2D eigenvalue weighted by molar-refractivity contribution is 5.71. The van der Waals surface area contributed by atoms with Gasteiger partial charge in [-0.3, -0.25) is 14.4 Å². The fourth-order valence-electron chi connectivity index (χ4n) is 7.62. The lowest BCUT2D eigenvalue weighted by Gasteiger charge is -2.18. The number of esters is 3. The molecule has 0 amide bonds. The van der Waals surface area contributed by atoms with E-state index in [-0.39, 0.29) is 31.1 Å². The zero-order valence-electron chi connectivity index (χ0n) is 42.7. The van der Waals surface area contributed by atoms with Crippen molar-refractivity contribution in [2.75, 3.05) is 13.2 Å². The number of carbonyl (C=O) groups excluding carboxylic acids is 3. The number of unbranched alkanes of at least 4 members (excludes halogenated alkanes) is 26. The first-order chi connectivity index (χ1) is 32.0. The number of rotatable bonds is 49. The van der Waals surface area contributed by atoms with Gasteiger partial charge in [0, 0.05) is 19.3 Å². The highest BCUT2D eigenvalue weighted by atomic mass is 16.6. The van der Waals surface area contributed by atoms with Crippen LogP contribution in [-0.4, -0.2) is 37.2 Å². The molecule has 0 aromatic heterocycles. The summed E-state index contributed by atoms with van der Waals surface area (Å²) < 4.78 is 16.8. The molecule has 6 heteroatoms. The Labute approximate surface area is 402 Å². The van der Waals surface area contributed by atoms with Gasteiger partial charge in [0.05, 0.1) is 0 Å². The molecule has 0 heterocycles. The average Bonchev–Trinajstić information content (AvgIpc) is 3.30. The summed E-state index contributed by atoms with van der Waals surface area (Å²) in [6.45, 7) is 6.51. The summed E-state index contributed by atoms with van der Waals surface area (Å²) in [5.74, 6) is -0.887. The molecule has 0 aliphatic heterocycles. The van der Waals surface area contributed by atoms with Gasteiger partial charge in [-0.1, -0.05) is 248 Å². The predicted octanol–water partition coefficient (Wildman–Crippen LogP) is 18.2. The largest absolute Gasteiger partial charge is 0.462 e. The molecule has 0 spiro atoms. The number of carbonyl (C=O) groups is 3. The third kappa shape index (κ3) is 51.7. The summed E-state index contributed by atoms with van der Waals surface area (Å²) in [4.78, 5) is 38.0. The lowest BCUT2D eigenvalue weighted by atomic mass is 10.1. The van der Waals surface area contributed by atoms with Gasteiger partial charge in [-0.05, 0) is 70.6 Å². The fraction of sp³-hybridized carbons (Fsp3) is 0.746. The van der Waals surface area contributed by atoms with Crippen LogP contribution in [0.3, 0.4) is 0 Å². The minimum atomic E-state index is -0.776. The molecule has 1 unspecified atom stereocenters. The Hall–Kier alpha value is -3.15. The van der Waals surface area contributed by atoms with Crippen molar-refractivity contribution in [3.8, 4) is 0 Å². The van der Waals surface area contributed by atoms with E-state index in [2.05, 4.69) is 93.7 Å². The molecule has 6 nitrogen and oxygen atoms in total. The van der Waals surface area contributed by atoms with Gasteiger partial charge in [0.2, 0.25) is 0 Å². The zero-order valence-corrected chi connectivity index (χ0v) is 42.7. The average molecular weight is 907 g/mol. The highest BCUT2D eigenvalue weighted by Crippen LogP contribution is 2.15. The molecule has 0 aliphatic carbocycles. The second-order valence-corrected chi connectivity index (χ2v) is 18.1. The van der Waals surface area contributed by atoms with Crippen molar-refractivity contribution in [3.05, 3.63) is 72.9 Å². The number of allylic oxidation sites excluding steroid dienone is 12. The lowest BCUT2D eigenvalue weighted by molar-refractivity contribution is -0.167. The van der Waals surface area contributed by atoms with E-state index in [1.165, 1.54) is 122 Å². The van der Waals surface area contributed by atoms with Crippen molar-refractivity contribution < 1.29 is 28.6 Å². The molecular weight excluding hydrogens is 805 g/mol. The van der Waals surface area contributed by atoms with E-state index in [0.717, 1.165) is 103 Å². The smallest absolute Gasteiger partial charge is 0.306 e. The number of ether oxygens (including phenoxy) is 3. The van der Waals surface area contributed by atoms with Gasteiger partial charge in [-0.2, -0.15) is 0 Å². The van der Waals surface area contributed by atoms with E-state index in [9.17, 15) is 14.4 Å². The molecule has 0 bridgehead atoms. The minimum absolute atomic E-state index is 0.0767. The molecule has 0 aromatic carbocycles. The van der Waals surface area contributed by atoms with E-state index in [1.54, 1.807) is 0 Å². The summed E-state index contributed by atoms with van der Waals surface area (Å²) in [7, 11) is 0. The van der Waals surface area contributed by atoms with Crippen LogP contribution in [0.25, 0.3) is 0 Å². The highest BCUT2D eigenvalue weighted by Gasteiger charge is 2.19. The van der Waals surface area contributed by atoms with Crippen LogP contribution >= 0.6 is 0 Å². The SMILES string of the molecule is CC/C=C\C/C=C\C/C=C\C/C=C\C/C=C\C/C=C\CCCCCCCCC(=O)OCC(COC(=O)CCCCCCCCCCCCC)OC(=O)CCCCCCCCCCCCC. The quantitative estimate of drug-likeness (QED) is 0.0262. The normalized spacial score (nSPS) is 12.6. The molecule has 0 fully saturated rings. The van der Waals surface area contributed by atoms with Crippen molar-refractivity contribution >= 4 is 17.9 Å². The Morgan fingerprint density at radius 3 is 0.938 bits per heavy atom. The first-order valence-corrected chi connectivity index (χ1v) is 27.4. The van der Waals surface area contributed by atoms with Crippen LogP contribution < -0.4 is 0 Å². The maximum atomic E-state index is 12.8. The Balaban J connectivity index is 4.27. The van der Waals surface area contributed by atoms with Gasteiger partial charge in [0.1, 0.15) is 13.2 Å². The van der Waals surface area contributed by atoms with Crippen molar-refractivity contribution in [1.82, 2.24) is 0 Å². The topological polar surface area (TPSA) is 78.9 Å². The Kier molecular flexibility index (Phi) is 50.9. The van der Waals surface area contributed by atoms with Crippen molar-refractivity contribution in [3.63, 3.8) is 0 Å². The van der Waals surface area contributed by atoms with Crippen LogP contribution in [0.2, 0.25) is 0 Å².